The summed E-state index contributed by atoms with van der Waals surface area (Å²) in [6.07, 6.45) is 0. The van der Waals surface area contributed by atoms with Gasteiger partial charge in [-0.3, -0.25) is 0 Å². The molecule has 1 aliphatic rings. The molecule has 5 nitrogen and oxygen atoms in total. The van der Waals surface area contributed by atoms with E-state index >= 15 is 0 Å². The van der Waals surface area contributed by atoms with Crippen molar-refractivity contribution in [1.82, 2.24) is 15.3 Å². The molecular weight excluding hydrogens is 242 g/mol. The minimum Gasteiger partial charge on any atom is -0.344 e. The van der Waals surface area contributed by atoms with E-state index in [0.717, 1.165) is 22.4 Å². The van der Waals surface area contributed by atoms with Crippen molar-refractivity contribution >= 4 is 11.0 Å². The molecule has 3 rings (SSSR count). The highest BCUT2D eigenvalue weighted by Gasteiger charge is 2.34. The van der Waals surface area contributed by atoms with Gasteiger partial charge in [0.05, 0.1) is 30.3 Å². The number of hydrogen-bond donors (Lipinski definition) is 2. The molecule has 0 saturated carbocycles. The number of H-pyrrole nitrogens is 1. The lowest BCUT2D eigenvalue weighted by atomic mass is 10.1. The van der Waals surface area contributed by atoms with Gasteiger partial charge < -0.3 is 19.8 Å². The van der Waals surface area contributed by atoms with Gasteiger partial charge in [0.1, 0.15) is 5.82 Å². The zero-order chi connectivity index (χ0) is 13.5. The molecule has 5 heteroatoms. The van der Waals surface area contributed by atoms with Gasteiger partial charge in [-0.1, -0.05) is 6.07 Å². The zero-order valence-electron chi connectivity index (χ0n) is 11.5. The molecule has 0 amide bonds. The van der Waals surface area contributed by atoms with Crippen LogP contribution in [0.1, 0.15) is 18.3 Å². The van der Waals surface area contributed by atoms with Gasteiger partial charge in [0.2, 0.25) is 0 Å². The van der Waals surface area contributed by atoms with E-state index in [1.807, 2.05) is 33.0 Å². The molecule has 0 spiro atoms. The molecule has 2 aromatic rings. The molecule has 2 heterocycles. The minimum absolute atomic E-state index is 0.256. The van der Waals surface area contributed by atoms with Crippen LogP contribution in [0.3, 0.4) is 0 Å². The largest absolute Gasteiger partial charge is 0.344 e. The van der Waals surface area contributed by atoms with Crippen molar-refractivity contribution in [2.24, 2.45) is 0 Å². The predicted molar refractivity (Wildman–Crippen MR) is 72.9 cm³/mol. The summed E-state index contributed by atoms with van der Waals surface area (Å²) in [7, 11) is 1.92. The maximum Gasteiger partial charge on any atom is 0.192 e. The van der Waals surface area contributed by atoms with E-state index in [2.05, 4.69) is 21.4 Å². The third-order valence-electron chi connectivity index (χ3n) is 3.65. The lowest BCUT2D eigenvalue weighted by molar-refractivity contribution is -0.272. The Hall–Kier alpha value is -1.43. The molecule has 2 N–H and O–H groups in total. The highest BCUT2D eigenvalue weighted by atomic mass is 16.7. The summed E-state index contributed by atoms with van der Waals surface area (Å²) in [4.78, 5) is 7.64. The lowest BCUT2D eigenvalue weighted by Gasteiger charge is -2.37. The van der Waals surface area contributed by atoms with Crippen LogP contribution in [0.2, 0.25) is 0 Å². The van der Waals surface area contributed by atoms with Crippen molar-refractivity contribution in [1.29, 1.82) is 0 Å². The van der Waals surface area contributed by atoms with E-state index in [9.17, 15) is 0 Å². The first kappa shape index (κ1) is 12.6. The summed E-state index contributed by atoms with van der Waals surface area (Å²) < 4.78 is 11.8. The molecule has 0 bridgehead atoms. The quantitative estimate of drug-likeness (QED) is 0.863. The Morgan fingerprint density at radius 2 is 2.11 bits per heavy atom. The molecule has 0 atom stereocenters. The van der Waals surface area contributed by atoms with Crippen LogP contribution in [0.25, 0.3) is 11.0 Å². The van der Waals surface area contributed by atoms with Gasteiger partial charge in [-0.15, -0.1) is 0 Å². The van der Waals surface area contributed by atoms with Crippen LogP contribution in [0.15, 0.2) is 18.2 Å². The van der Waals surface area contributed by atoms with Crippen molar-refractivity contribution in [3.63, 3.8) is 0 Å². The third kappa shape index (κ3) is 2.25. The average molecular weight is 261 g/mol. The second-order valence-electron chi connectivity index (χ2n) is 5.11. The molecule has 0 radical (unpaired) electrons. The monoisotopic (exact) mass is 261 g/mol. The molecule has 1 fully saturated rings. The Bertz CT molecular complexity index is 585. The summed E-state index contributed by atoms with van der Waals surface area (Å²) in [5, 5.41) is 3.16. The summed E-state index contributed by atoms with van der Waals surface area (Å²) in [5.41, 5.74) is 2.99. The number of hydrogen-bond acceptors (Lipinski definition) is 4. The Labute approximate surface area is 112 Å². The summed E-state index contributed by atoms with van der Waals surface area (Å²) in [6.45, 7) is 5.20. The molecule has 1 aliphatic heterocycles. The highest BCUT2D eigenvalue weighted by molar-refractivity contribution is 5.76. The SMILES string of the molecule is CNC1COC(C)(c2ccc3nc(C)[nH]c3c2)OC1. The first-order chi connectivity index (χ1) is 9.10. The van der Waals surface area contributed by atoms with E-state index in [-0.39, 0.29) is 6.04 Å². The van der Waals surface area contributed by atoms with Gasteiger partial charge in [-0.2, -0.15) is 0 Å². The molecule has 1 saturated heterocycles. The van der Waals surface area contributed by atoms with Crippen LogP contribution >= 0.6 is 0 Å². The molecule has 1 aromatic carbocycles. The van der Waals surface area contributed by atoms with Crippen LogP contribution < -0.4 is 5.32 Å². The number of benzene rings is 1. The maximum atomic E-state index is 5.89. The smallest absolute Gasteiger partial charge is 0.192 e. The number of imidazole rings is 1. The standard InChI is InChI=1S/C14H19N3O2/c1-9-16-12-5-4-10(6-13(12)17-9)14(2)18-7-11(15-3)8-19-14/h4-6,11,15H,7-8H2,1-3H3,(H,16,17). The summed E-state index contributed by atoms with van der Waals surface area (Å²) in [5.74, 6) is 0.235. The molecule has 1 aromatic heterocycles. The number of nitrogens with zero attached hydrogens (tertiary/aromatic N) is 1. The van der Waals surface area contributed by atoms with E-state index in [4.69, 9.17) is 9.47 Å². The van der Waals surface area contributed by atoms with Crippen LogP contribution in [0.4, 0.5) is 0 Å². The van der Waals surface area contributed by atoms with Crippen molar-refractivity contribution in [2.75, 3.05) is 20.3 Å². The normalized spacial score (nSPS) is 27.8. The van der Waals surface area contributed by atoms with Gasteiger partial charge in [-0.25, -0.2) is 4.98 Å². The number of nitrogens with one attached hydrogen (secondary N) is 2. The Kier molecular flexibility index (Phi) is 3.05. The number of aromatic amines is 1. The fraction of sp³-hybridized carbons (Fsp3) is 0.500. The number of aryl methyl sites for hydroxylation is 1. The van der Waals surface area contributed by atoms with Crippen molar-refractivity contribution in [3.05, 3.63) is 29.6 Å². The van der Waals surface area contributed by atoms with E-state index < -0.39 is 5.79 Å². The Morgan fingerprint density at radius 1 is 1.37 bits per heavy atom. The second kappa shape index (κ2) is 4.59. The topological polar surface area (TPSA) is 59.2 Å². The first-order valence-corrected chi connectivity index (χ1v) is 6.53. The number of fused-ring (bicyclic) bond motifs is 1. The van der Waals surface area contributed by atoms with Crippen molar-refractivity contribution in [3.8, 4) is 0 Å². The Balaban J connectivity index is 1.90. The first-order valence-electron chi connectivity index (χ1n) is 6.53. The maximum absolute atomic E-state index is 5.89. The lowest BCUT2D eigenvalue weighted by Crippen LogP contribution is -2.47. The molecule has 102 valence electrons. The number of rotatable bonds is 2. The third-order valence-corrected chi connectivity index (χ3v) is 3.65. The van der Waals surface area contributed by atoms with Gasteiger partial charge in [-0.05, 0) is 33.0 Å². The van der Waals surface area contributed by atoms with Gasteiger partial charge in [0, 0.05) is 5.56 Å². The molecule has 19 heavy (non-hydrogen) atoms. The van der Waals surface area contributed by atoms with Crippen molar-refractivity contribution in [2.45, 2.75) is 25.7 Å². The molecular formula is C14H19N3O2. The van der Waals surface area contributed by atoms with E-state index in [1.165, 1.54) is 0 Å². The minimum atomic E-state index is -0.680. The number of aromatic nitrogens is 2. The van der Waals surface area contributed by atoms with Crippen LogP contribution in [-0.2, 0) is 15.3 Å². The zero-order valence-corrected chi connectivity index (χ0v) is 11.5. The molecule has 0 aliphatic carbocycles. The van der Waals surface area contributed by atoms with Gasteiger partial charge in [0.15, 0.2) is 5.79 Å². The predicted octanol–water partition coefficient (Wildman–Crippen LogP) is 1.68. The average Bonchev–Trinajstić information content (AvgIpc) is 2.78. The molecule has 0 unspecified atom stereocenters. The van der Waals surface area contributed by atoms with Crippen LogP contribution in [0.5, 0.6) is 0 Å². The summed E-state index contributed by atoms with van der Waals surface area (Å²) in [6, 6.07) is 6.32. The highest BCUT2D eigenvalue weighted by Crippen LogP contribution is 2.31. The van der Waals surface area contributed by atoms with Gasteiger partial charge >= 0.3 is 0 Å². The van der Waals surface area contributed by atoms with E-state index in [0.29, 0.717) is 13.2 Å². The van der Waals surface area contributed by atoms with Crippen LogP contribution in [-0.4, -0.2) is 36.3 Å². The fourth-order valence-electron chi connectivity index (χ4n) is 2.36. The fourth-order valence-corrected chi connectivity index (χ4v) is 2.36. The van der Waals surface area contributed by atoms with Gasteiger partial charge in [0.25, 0.3) is 0 Å². The van der Waals surface area contributed by atoms with E-state index in [1.54, 1.807) is 0 Å². The number of likely N-dealkylation sites (N-methyl/N-ethyl adjacent to an activating group) is 1. The number of ether oxygens (including phenoxy) is 2. The van der Waals surface area contributed by atoms with Crippen LogP contribution in [0, 0.1) is 6.92 Å². The Morgan fingerprint density at radius 3 is 2.79 bits per heavy atom. The van der Waals surface area contributed by atoms with Crippen molar-refractivity contribution < 1.29 is 9.47 Å². The summed E-state index contributed by atoms with van der Waals surface area (Å²) >= 11 is 0. The second-order valence-corrected chi connectivity index (χ2v) is 5.11.